The molecule has 10 aromatic carbocycles. The second-order valence-electron chi connectivity index (χ2n) is 31.0. The molecule has 0 spiro atoms. The van der Waals surface area contributed by atoms with Crippen molar-refractivity contribution >= 4 is 121 Å². The molecule has 2 aromatic heterocycles. The predicted molar refractivity (Wildman–Crippen MR) is 453 cm³/mol. The first-order valence-electron chi connectivity index (χ1n) is 39.3. The zero-order valence-corrected chi connectivity index (χ0v) is 66.6. The minimum absolute atomic E-state index is 0.0180. The Morgan fingerprint density at radius 2 is 0.806 bits per heavy atom. The highest BCUT2D eigenvalue weighted by Crippen LogP contribution is 2.53. The summed E-state index contributed by atoms with van der Waals surface area (Å²) in [5.41, 5.74) is 4.14. The highest BCUT2D eigenvalue weighted by Gasteiger charge is 2.63. The van der Waals surface area contributed by atoms with Crippen LogP contribution in [0.2, 0.25) is 0 Å². The number of nitrogens with zero attached hydrogens (tertiary/aromatic N) is 4. The molecule has 8 atom stereocenters. The summed E-state index contributed by atoms with van der Waals surface area (Å²) in [7, 11) is 2.58. The molecule has 4 heterocycles. The number of imide groups is 2. The van der Waals surface area contributed by atoms with E-state index in [0.717, 1.165) is 54.0 Å². The topological polar surface area (TPSA) is 437 Å². The van der Waals surface area contributed by atoms with E-state index < -0.39 is 163 Å². The van der Waals surface area contributed by atoms with Crippen LogP contribution in [-0.2, 0) is 58.2 Å². The number of amides is 8. The van der Waals surface area contributed by atoms with Crippen LogP contribution in [0.5, 0.6) is 23.0 Å². The number of carboxylic acids is 4. The number of anilines is 5. The number of aryl methyl sites for hydroxylation is 2. The average Bonchev–Trinajstić information content (AvgIpc) is 1.57. The average molecular weight is 1670 g/mol. The first-order chi connectivity index (χ1) is 59.4. The minimum Gasteiger partial charge on any atom is -0.481 e. The van der Waals surface area contributed by atoms with Crippen LogP contribution in [0.25, 0.3) is 27.2 Å². The molecule has 124 heavy (non-hydrogen) atoms. The van der Waals surface area contributed by atoms with Crippen molar-refractivity contribution in [3.05, 3.63) is 315 Å². The molecule has 0 radical (unpaired) electrons. The van der Waals surface area contributed by atoms with Gasteiger partial charge in [-0.25, -0.2) is 14.2 Å². The summed E-state index contributed by atoms with van der Waals surface area (Å²) in [5.74, 6) is -16.8. The van der Waals surface area contributed by atoms with Crippen LogP contribution in [-0.4, -0.2) is 108 Å². The van der Waals surface area contributed by atoms with Gasteiger partial charge < -0.3 is 51.2 Å². The van der Waals surface area contributed by atoms with Crippen molar-refractivity contribution < 1.29 is 87.4 Å². The number of aromatic carboxylic acids is 2. The first-order valence-corrected chi connectivity index (χ1v) is 39.3. The van der Waals surface area contributed by atoms with E-state index in [1.54, 1.807) is 60.7 Å². The summed E-state index contributed by atoms with van der Waals surface area (Å²) in [6.45, 7) is 4.04. The third-order valence-electron chi connectivity index (χ3n) is 23.2. The number of aromatic nitrogens is 2. The molecule has 30 heteroatoms. The van der Waals surface area contributed by atoms with Crippen molar-refractivity contribution in [2.75, 3.05) is 32.8 Å². The Morgan fingerprint density at radius 1 is 0.411 bits per heavy atom. The Balaban J connectivity index is 0.000000192. The molecular weight excluding hydrogens is 1590 g/mol. The second-order valence-corrected chi connectivity index (χ2v) is 31.0. The fraction of sp³-hybridized carbons (Fsp3) is 0.191. The van der Waals surface area contributed by atoms with Gasteiger partial charge in [0.15, 0.2) is 0 Å². The molecule has 8 unspecified atom stereocenters. The number of ether oxygens (including phenoxy) is 2. The SMILES string of the molecule is CNC(=O)c1cc(C(=O)O)c(C(=O)Nc2ccc(Oc3ccc(NC(=O)C4C(C(=O)O)CC(C(=O)Nc5ccc(Cc6ccc(C)cc6)cc5)C4CC(=O)O)cc3)cc2)cc1C(=O)O.Cc1ccc(Cc2ccc(N3C(=O)CC4C(CC5C(=O)N(c6ccc(Oc7ccc(-n8c(=O)c9cc%10c(=O)n(C)c(=O)c%10cc9c8=O)cc7)cc6)C(=O)C54)C3=O)cc2)cc1. The summed E-state index contributed by atoms with van der Waals surface area (Å²) in [6.07, 6.45) is 0.676. The van der Waals surface area contributed by atoms with E-state index in [4.69, 9.17) is 9.47 Å². The molecule has 8 amide bonds. The number of carboxylic acid groups (broad SMARTS) is 4. The van der Waals surface area contributed by atoms with Gasteiger partial charge in [-0.2, -0.15) is 0 Å². The van der Waals surface area contributed by atoms with E-state index >= 15 is 0 Å². The molecule has 2 aliphatic carbocycles. The van der Waals surface area contributed by atoms with Gasteiger partial charge in [0.25, 0.3) is 34.1 Å². The van der Waals surface area contributed by atoms with E-state index in [2.05, 4.69) is 45.5 Å². The van der Waals surface area contributed by atoms with Gasteiger partial charge in [0.1, 0.15) is 23.0 Å². The maximum atomic E-state index is 13.9. The van der Waals surface area contributed by atoms with Gasteiger partial charge in [-0.05, 0) is 219 Å². The summed E-state index contributed by atoms with van der Waals surface area (Å²) in [5, 5.41) is 49.6. The number of piperidine rings is 1. The lowest BCUT2D eigenvalue weighted by atomic mass is 9.81. The quantitative estimate of drug-likeness (QED) is 0.0276. The normalized spacial score (nSPS) is 18.2. The van der Waals surface area contributed by atoms with Crippen LogP contribution >= 0.6 is 0 Å². The van der Waals surface area contributed by atoms with Crippen LogP contribution < -0.4 is 62.8 Å². The van der Waals surface area contributed by atoms with Crippen molar-refractivity contribution in [1.82, 2.24) is 14.5 Å². The monoisotopic (exact) mass is 1670 g/mol. The fourth-order valence-electron chi connectivity index (χ4n) is 17.0. The Morgan fingerprint density at radius 3 is 1.27 bits per heavy atom. The lowest BCUT2D eigenvalue weighted by molar-refractivity contribution is -0.147. The number of aliphatic carboxylic acids is 2. The van der Waals surface area contributed by atoms with Crippen molar-refractivity contribution in [1.29, 1.82) is 0 Å². The van der Waals surface area contributed by atoms with Gasteiger partial charge in [-0.3, -0.25) is 81.5 Å². The summed E-state index contributed by atoms with van der Waals surface area (Å²) in [4.78, 5) is 210. The van der Waals surface area contributed by atoms with Crippen LogP contribution in [0.1, 0.15) is 100 Å². The van der Waals surface area contributed by atoms with Gasteiger partial charge in [-0.15, -0.1) is 0 Å². The number of hydrogen-bond donors (Lipinski definition) is 8. The lowest BCUT2D eigenvalue weighted by Gasteiger charge is -2.34. The maximum Gasteiger partial charge on any atom is 0.336 e. The molecule has 16 rings (SSSR count). The number of benzene rings is 10. The maximum absolute atomic E-state index is 13.9. The lowest BCUT2D eigenvalue weighted by Crippen LogP contribution is -2.50. The zero-order valence-electron chi connectivity index (χ0n) is 66.6. The number of carbonyl (C=O) groups excluding carboxylic acids is 8. The first kappa shape index (κ1) is 83.2. The van der Waals surface area contributed by atoms with Crippen molar-refractivity contribution in [3.63, 3.8) is 0 Å². The van der Waals surface area contributed by atoms with Gasteiger partial charge in [-0.1, -0.05) is 83.9 Å². The van der Waals surface area contributed by atoms with E-state index in [1.807, 2.05) is 62.4 Å². The second kappa shape index (κ2) is 34.1. The van der Waals surface area contributed by atoms with Crippen LogP contribution in [0, 0.1) is 61.2 Å². The Bertz CT molecular complexity index is 6540. The highest BCUT2D eigenvalue weighted by molar-refractivity contribution is 6.25. The highest BCUT2D eigenvalue weighted by atomic mass is 16.5. The molecule has 2 aliphatic heterocycles. The molecule has 12 aromatic rings. The van der Waals surface area contributed by atoms with Crippen molar-refractivity contribution in [3.8, 4) is 28.7 Å². The molecule has 2 saturated carbocycles. The summed E-state index contributed by atoms with van der Waals surface area (Å²) < 4.78 is 13.8. The van der Waals surface area contributed by atoms with Gasteiger partial charge in [0.05, 0.1) is 84.5 Å². The summed E-state index contributed by atoms with van der Waals surface area (Å²) >= 11 is 0. The van der Waals surface area contributed by atoms with Crippen LogP contribution in [0.15, 0.2) is 238 Å². The molecule has 8 N–H and O–H groups in total. The van der Waals surface area contributed by atoms with Crippen molar-refractivity contribution in [2.45, 2.75) is 52.4 Å². The van der Waals surface area contributed by atoms with Gasteiger partial charge >= 0.3 is 23.9 Å². The van der Waals surface area contributed by atoms with Crippen LogP contribution in [0.3, 0.4) is 0 Å². The molecule has 4 fully saturated rings. The number of nitrogens with one attached hydrogen (secondary N) is 4. The largest absolute Gasteiger partial charge is 0.481 e. The Kier molecular flexibility index (Phi) is 22.9. The molecule has 624 valence electrons. The molecule has 4 aliphatic rings. The number of carbonyl (C=O) groups is 12. The zero-order chi connectivity index (χ0) is 88.0. The number of rotatable bonds is 23. The van der Waals surface area contributed by atoms with E-state index in [9.17, 15) is 97.1 Å². The molecular formula is C94H76N8O22. The smallest absolute Gasteiger partial charge is 0.336 e. The Hall–Kier alpha value is -15.9. The third kappa shape index (κ3) is 16.6. The summed E-state index contributed by atoms with van der Waals surface area (Å²) in [6, 6.07) is 59.4. The minimum atomic E-state index is -1.56. The van der Waals surface area contributed by atoms with E-state index in [0.29, 0.717) is 52.9 Å². The molecule has 2 saturated heterocycles. The molecule has 0 bridgehead atoms. The Labute approximate surface area is 703 Å². The van der Waals surface area contributed by atoms with Crippen LogP contribution in [0.4, 0.5) is 28.4 Å². The van der Waals surface area contributed by atoms with E-state index in [-0.39, 0.29) is 63.8 Å². The van der Waals surface area contributed by atoms with Crippen molar-refractivity contribution in [2.24, 2.45) is 54.4 Å². The van der Waals surface area contributed by atoms with E-state index in [1.165, 1.54) is 97.4 Å². The third-order valence-corrected chi connectivity index (χ3v) is 23.2. The number of fused-ring (bicyclic) bond motifs is 5. The predicted octanol–water partition coefficient (Wildman–Crippen LogP) is 11.2. The molecule has 30 nitrogen and oxygen atoms in total. The fourth-order valence-corrected chi connectivity index (χ4v) is 17.0. The standard InChI is InChI=1S/C47H42N4O13.C47H34N4O9/c1-24-3-5-25(6-4-24)19-26-7-9-27(10-8-26)49-42(55)33-22-38(47(62)63)40(32(33)23-39(52)53)44(57)51-29-13-17-31(18-14-29)64-30-15-11-28(12-16-30)50-43(56)35-21-36(45(58)59)34(41(54)48-2)20-37(35)46(60)61;1-24-3-5-25(6-4-24)19-26-7-9-27(10-8-26)49-39(52)23-32-33(43(49)55)22-38-40(32)47(59)51(46(38)58)29-13-17-31(18-14-29)60-30-15-11-28(12-16-30)50-44(56)36-20-34-35(21-37(36)45(50)57)42(54)48(2)41(34)53/h3-18,20-21,32-33,38,40H,19,22-23H2,1-2H3,(H,48,54)(H,49,55)(H,50,56)(H,51,57)(H,52,53)(H,58,59)(H,60,61)(H,62,63);3-18,20-21,32-33,38,40H,19,22-23H2,1-2H3. The van der Waals surface area contributed by atoms with Gasteiger partial charge in [0, 0.05) is 55.8 Å². The number of hydrogen-bond acceptors (Lipinski definition) is 18. The van der Waals surface area contributed by atoms with Gasteiger partial charge in [0.2, 0.25) is 35.4 Å².